The minimum atomic E-state index is 0.592. The van der Waals surface area contributed by atoms with Crippen molar-refractivity contribution < 1.29 is 4.74 Å². The Hall–Kier alpha value is -2.87. The van der Waals surface area contributed by atoms with Gasteiger partial charge < -0.3 is 9.30 Å². The van der Waals surface area contributed by atoms with Gasteiger partial charge in [-0.25, -0.2) is 9.97 Å². The molecule has 0 saturated heterocycles. The summed E-state index contributed by atoms with van der Waals surface area (Å²) in [5.41, 5.74) is 3.32. The highest BCUT2D eigenvalue weighted by Crippen LogP contribution is 2.23. The SMILES string of the molecule is COCCn1c(-c2cn3c(C)nnc3cn2)nc2cnccc21. The number of nitrogens with zero attached hydrogens (tertiary/aromatic N) is 7. The lowest BCUT2D eigenvalue weighted by Crippen LogP contribution is -2.07. The number of aromatic nitrogens is 7. The molecule has 0 atom stereocenters. The zero-order valence-electron chi connectivity index (χ0n) is 12.8. The van der Waals surface area contributed by atoms with Gasteiger partial charge in [-0.3, -0.25) is 9.38 Å². The molecule has 0 unspecified atom stereocenters. The lowest BCUT2D eigenvalue weighted by atomic mass is 10.4. The van der Waals surface area contributed by atoms with Crippen molar-refractivity contribution in [2.45, 2.75) is 13.5 Å². The fourth-order valence-electron chi connectivity index (χ4n) is 2.62. The molecular weight excluding hydrogens is 294 g/mol. The van der Waals surface area contributed by atoms with Crippen molar-refractivity contribution in [1.82, 2.24) is 34.1 Å². The van der Waals surface area contributed by atoms with Gasteiger partial charge in [0.2, 0.25) is 0 Å². The van der Waals surface area contributed by atoms with E-state index in [1.807, 2.05) is 23.6 Å². The summed E-state index contributed by atoms with van der Waals surface area (Å²) < 4.78 is 9.22. The van der Waals surface area contributed by atoms with E-state index in [2.05, 4.69) is 29.7 Å². The molecule has 0 spiro atoms. The average molecular weight is 309 g/mol. The maximum Gasteiger partial charge on any atom is 0.179 e. The molecule has 0 aliphatic carbocycles. The molecule has 116 valence electrons. The number of aryl methyl sites for hydroxylation is 1. The molecule has 4 rings (SSSR count). The fraction of sp³-hybridized carbons (Fsp3) is 0.267. The molecular formula is C15H15N7O. The molecule has 0 radical (unpaired) electrons. The fourth-order valence-corrected chi connectivity index (χ4v) is 2.62. The Bertz CT molecular complexity index is 988. The first-order valence-electron chi connectivity index (χ1n) is 7.25. The van der Waals surface area contributed by atoms with Gasteiger partial charge in [0.25, 0.3) is 0 Å². The van der Waals surface area contributed by atoms with Crippen LogP contribution < -0.4 is 0 Å². The van der Waals surface area contributed by atoms with Crippen LogP contribution in [0.4, 0.5) is 0 Å². The highest BCUT2D eigenvalue weighted by molar-refractivity contribution is 5.79. The quantitative estimate of drug-likeness (QED) is 0.568. The molecule has 0 aliphatic rings. The van der Waals surface area contributed by atoms with E-state index in [4.69, 9.17) is 4.74 Å². The van der Waals surface area contributed by atoms with Crippen molar-refractivity contribution in [3.8, 4) is 11.5 Å². The van der Waals surface area contributed by atoms with Crippen LogP contribution in [0.5, 0.6) is 0 Å². The molecule has 8 heteroatoms. The van der Waals surface area contributed by atoms with Crippen molar-refractivity contribution in [1.29, 1.82) is 0 Å². The molecule has 0 saturated carbocycles. The topological polar surface area (TPSA) is 83.0 Å². The minimum absolute atomic E-state index is 0.592. The van der Waals surface area contributed by atoms with E-state index in [1.54, 1.807) is 25.7 Å². The van der Waals surface area contributed by atoms with E-state index in [-0.39, 0.29) is 0 Å². The van der Waals surface area contributed by atoms with Crippen molar-refractivity contribution in [2.24, 2.45) is 0 Å². The van der Waals surface area contributed by atoms with Crippen LogP contribution >= 0.6 is 0 Å². The number of hydrogen-bond donors (Lipinski definition) is 0. The summed E-state index contributed by atoms with van der Waals surface area (Å²) in [5, 5.41) is 8.12. The predicted molar refractivity (Wildman–Crippen MR) is 83.9 cm³/mol. The summed E-state index contributed by atoms with van der Waals surface area (Å²) >= 11 is 0. The van der Waals surface area contributed by atoms with E-state index < -0.39 is 0 Å². The normalized spacial score (nSPS) is 11.6. The third kappa shape index (κ3) is 2.23. The standard InChI is InChI=1S/C15H15N7O/c1-10-19-20-14-8-17-12(9-22(10)14)15-18-11-7-16-4-3-13(11)21(15)5-6-23-2/h3-4,7-9H,5-6H2,1-2H3. The second-order valence-electron chi connectivity index (χ2n) is 5.19. The third-order valence-corrected chi connectivity index (χ3v) is 3.76. The first kappa shape index (κ1) is 13.8. The molecule has 0 aliphatic heterocycles. The van der Waals surface area contributed by atoms with Crippen molar-refractivity contribution in [3.05, 3.63) is 36.7 Å². The van der Waals surface area contributed by atoms with E-state index in [1.165, 1.54) is 0 Å². The van der Waals surface area contributed by atoms with Gasteiger partial charge in [-0.1, -0.05) is 0 Å². The summed E-state index contributed by atoms with van der Waals surface area (Å²) in [7, 11) is 1.69. The first-order valence-corrected chi connectivity index (χ1v) is 7.25. The summed E-state index contributed by atoms with van der Waals surface area (Å²) in [4.78, 5) is 13.3. The molecule has 0 amide bonds. The van der Waals surface area contributed by atoms with Crippen molar-refractivity contribution >= 4 is 16.7 Å². The molecule has 8 nitrogen and oxygen atoms in total. The highest BCUT2D eigenvalue weighted by Gasteiger charge is 2.15. The summed E-state index contributed by atoms with van der Waals surface area (Å²) in [6, 6.07) is 1.95. The molecule has 4 heterocycles. The Morgan fingerprint density at radius 1 is 1.22 bits per heavy atom. The molecule has 0 fully saturated rings. The van der Waals surface area contributed by atoms with Crippen LogP contribution in [-0.2, 0) is 11.3 Å². The summed E-state index contributed by atoms with van der Waals surface area (Å²) in [5.74, 6) is 1.59. The molecule has 4 aromatic rings. The largest absolute Gasteiger partial charge is 0.383 e. The smallest absolute Gasteiger partial charge is 0.179 e. The van der Waals surface area contributed by atoms with Gasteiger partial charge >= 0.3 is 0 Å². The minimum Gasteiger partial charge on any atom is -0.383 e. The van der Waals surface area contributed by atoms with Crippen LogP contribution in [0.2, 0.25) is 0 Å². The average Bonchev–Trinajstić information content (AvgIpc) is 3.14. The number of fused-ring (bicyclic) bond motifs is 2. The Labute approximate surface area is 131 Å². The predicted octanol–water partition coefficient (Wildman–Crippen LogP) is 1.49. The third-order valence-electron chi connectivity index (χ3n) is 3.76. The van der Waals surface area contributed by atoms with Gasteiger partial charge in [0.05, 0.1) is 24.5 Å². The van der Waals surface area contributed by atoms with Crippen LogP contribution in [0.15, 0.2) is 30.9 Å². The van der Waals surface area contributed by atoms with Crippen LogP contribution in [0.25, 0.3) is 28.2 Å². The number of hydrogen-bond acceptors (Lipinski definition) is 6. The maximum absolute atomic E-state index is 5.22. The number of rotatable bonds is 4. The second-order valence-corrected chi connectivity index (χ2v) is 5.19. The summed E-state index contributed by atoms with van der Waals surface area (Å²) in [6.45, 7) is 3.18. The van der Waals surface area contributed by atoms with E-state index in [0.29, 0.717) is 18.8 Å². The summed E-state index contributed by atoms with van der Waals surface area (Å²) in [6.07, 6.45) is 7.12. The van der Waals surface area contributed by atoms with E-state index in [9.17, 15) is 0 Å². The van der Waals surface area contributed by atoms with E-state index >= 15 is 0 Å². The van der Waals surface area contributed by atoms with Gasteiger partial charge in [0, 0.05) is 26.0 Å². The van der Waals surface area contributed by atoms with Gasteiger partial charge in [0.15, 0.2) is 11.5 Å². The molecule has 0 aromatic carbocycles. The Morgan fingerprint density at radius 3 is 3.00 bits per heavy atom. The van der Waals surface area contributed by atoms with Crippen LogP contribution in [-0.4, -0.2) is 47.8 Å². The van der Waals surface area contributed by atoms with Gasteiger partial charge in [-0.15, -0.1) is 10.2 Å². The number of pyridine rings is 1. The van der Waals surface area contributed by atoms with Crippen LogP contribution in [0, 0.1) is 6.92 Å². The lowest BCUT2D eigenvalue weighted by molar-refractivity contribution is 0.188. The van der Waals surface area contributed by atoms with Crippen LogP contribution in [0.1, 0.15) is 5.82 Å². The van der Waals surface area contributed by atoms with Crippen molar-refractivity contribution in [2.75, 3.05) is 13.7 Å². The second kappa shape index (κ2) is 5.40. The monoisotopic (exact) mass is 309 g/mol. The number of ether oxygens (including phenoxy) is 1. The van der Waals surface area contributed by atoms with Crippen molar-refractivity contribution in [3.63, 3.8) is 0 Å². The Balaban J connectivity index is 1.93. The van der Waals surface area contributed by atoms with Gasteiger partial charge in [-0.05, 0) is 13.0 Å². The number of methoxy groups -OCH3 is 1. The zero-order chi connectivity index (χ0) is 15.8. The zero-order valence-corrected chi connectivity index (χ0v) is 12.8. The first-order chi connectivity index (χ1) is 11.3. The molecule has 23 heavy (non-hydrogen) atoms. The highest BCUT2D eigenvalue weighted by atomic mass is 16.5. The lowest BCUT2D eigenvalue weighted by Gasteiger charge is -2.08. The molecule has 0 bridgehead atoms. The maximum atomic E-state index is 5.22. The molecule has 0 N–H and O–H groups in total. The van der Waals surface area contributed by atoms with Crippen LogP contribution in [0.3, 0.4) is 0 Å². The Morgan fingerprint density at radius 2 is 2.13 bits per heavy atom. The van der Waals surface area contributed by atoms with Gasteiger partial charge in [0.1, 0.15) is 17.0 Å². The Kier molecular flexibility index (Phi) is 3.23. The van der Waals surface area contributed by atoms with E-state index in [0.717, 1.165) is 28.4 Å². The number of imidazole rings is 1. The molecule has 4 aromatic heterocycles. The van der Waals surface area contributed by atoms with Gasteiger partial charge in [-0.2, -0.15) is 0 Å².